The van der Waals surface area contributed by atoms with Crippen LogP contribution in [-0.4, -0.2) is 69.8 Å². The molecular weight excluding hydrogens is 358 g/mol. The average molecular weight is 392 g/mol. The fraction of sp³-hybridized carbons (Fsp3) is 0.619. The van der Waals surface area contributed by atoms with Gasteiger partial charge in [-0.25, -0.2) is 0 Å². The second kappa shape index (κ2) is 12.4. The van der Waals surface area contributed by atoms with Crippen LogP contribution in [0, 0.1) is 0 Å². The summed E-state index contributed by atoms with van der Waals surface area (Å²) >= 11 is 0. The second-order valence-electron chi connectivity index (χ2n) is 7.00. The highest BCUT2D eigenvalue weighted by atomic mass is 16.5. The number of nitrogens with zero attached hydrogens (tertiary/aromatic N) is 2. The van der Waals surface area contributed by atoms with Crippen LogP contribution in [0.4, 0.5) is 11.4 Å². The highest BCUT2D eigenvalue weighted by Gasteiger charge is 2.16. The first-order chi connectivity index (χ1) is 13.6. The van der Waals surface area contributed by atoms with Crippen molar-refractivity contribution in [2.75, 3.05) is 63.3 Å². The van der Waals surface area contributed by atoms with Gasteiger partial charge in [-0.3, -0.25) is 14.5 Å². The molecule has 1 N–H and O–H groups in total. The van der Waals surface area contributed by atoms with E-state index in [9.17, 15) is 9.59 Å². The molecule has 0 aliphatic carbocycles. The molecule has 0 atom stereocenters. The van der Waals surface area contributed by atoms with Gasteiger partial charge in [0.2, 0.25) is 5.91 Å². The van der Waals surface area contributed by atoms with E-state index < -0.39 is 0 Å². The maximum absolute atomic E-state index is 12.4. The van der Waals surface area contributed by atoms with Crippen molar-refractivity contribution in [3.63, 3.8) is 0 Å². The molecule has 1 heterocycles. The molecule has 28 heavy (non-hydrogen) atoms. The van der Waals surface area contributed by atoms with Gasteiger partial charge < -0.3 is 19.7 Å². The molecule has 1 saturated heterocycles. The number of rotatable bonds is 10. The monoisotopic (exact) mass is 391 g/mol. The van der Waals surface area contributed by atoms with E-state index in [0.717, 1.165) is 18.8 Å². The Kier molecular flexibility index (Phi) is 9.79. The van der Waals surface area contributed by atoms with E-state index in [0.29, 0.717) is 19.8 Å². The van der Waals surface area contributed by atoms with Crippen LogP contribution in [0.2, 0.25) is 0 Å². The fourth-order valence-corrected chi connectivity index (χ4v) is 3.31. The van der Waals surface area contributed by atoms with Crippen molar-refractivity contribution < 1.29 is 19.1 Å². The first-order valence-electron chi connectivity index (χ1n) is 10.1. The first kappa shape index (κ1) is 22.2. The van der Waals surface area contributed by atoms with Gasteiger partial charge in [0, 0.05) is 38.1 Å². The molecule has 0 unspecified atom stereocenters. The Balaban J connectivity index is 1.87. The molecule has 7 heteroatoms. The Morgan fingerprint density at radius 3 is 2.36 bits per heavy atom. The van der Waals surface area contributed by atoms with Crippen molar-refractivity contribution >= 4 is 23.3 Å². The number of benzene rings is 1. The van der Waals surface area contributed by atoms with E-state index in [4.69, 9.17) is 9.47 Å². The lowest BCUT2D eigenvalue weighted by Gasteiger charge is -2.23. The zero-order valence-electron chi connectivity index (χ0n) is 17.1. The Morgan fingerprint density at radius 1 is 1.07 bits per heavy atom. The predicted octanol–water partition coefficient (Wildman–Crippen LogP) is 2.52. The number of carbonyl (C=O) groups excluding carboxylic acids is 2. The Labute approximate surface area is 168 Å². The number of hydrogen-bond acceptors (Lipinski definition) is 6. The minimum Gasteiger partial charge on any atom is -0.465 e. The topological polar surface area (TPSA) is 71.1 Å². The average Bonchev–Trinajstić information content (AvgIpc) is 2.96. The molecule has 0 spiro atoms. The molecule has 156 valence electrons. The van der Waals surface area contributed by atoms with E-state index in [1.54, 1.807) is 18.9 Å². The summed E-state index contributed by atoms with van der Waals surface area (Å²) in [5.74, 6) is -0.504. The van der Waals surface area contributed by atoms with Crippen LogP contribution in [0.5, 0.6) is 0 Å². The molecule has 0 radical (unpaired) electrons. The van der Waals surface area contributed by atoms with Gasteiger partial charge in [0.25, 0.3) is 0 Å². The number of nitrogens with one attached hydrogen (secondary N) is 1. The van der Waals surface area contributed by atoms with E-state index in [-0.39, 0.29) is 25.0 Å². The van der Waals surface area contributed by atoms with E-state index in [1.807, 2.05) is 12.1 Å². The largest absolute Gasteiger partial charge is 0.465 e. The summed E-state index contributed by atoms with van der Waals surface area (Å²) in [4.78, 5) is 28.3. The van der Waals surface area contributed by atoms with Gasteiger partial charge in [-0.05, 0) is 44.0 Å². The maximum Gasteiger partial charge on any atom is 0.320 e. The van der Waals surface area contributed by atoms with Gasteiger partial charge in [0.1, 0.15) is 0 Å². The third-order valence-corrected chi connectivity index (χ3v) is 4.76. The minimum atomic E-state index is -0.340. The van der Waals surface area contributed by atoms with E-state index in [1.165, 1.54) is 31.4 Å². The number of hydrogen-bond donors (Lipinski definition) is 1. The van der Waals surface area contributed by atoms with Crippen LogP contribution in [0.15, 0.2) is 24.3 Å². The van der Waals surface area contributed by atoms with Gasteiger partial charge in [0.05, 0.1) is 26.3 Å². The lowest BCUT2D eigenvalue weighted by atomic mass is 10.2. The smallest absolute Gasteiger partial charge is 0.320 e. The molecule has 0 saturated carbocycles. The fourth-order valence-electron chi connectivity index (χ4n) is 3.31. The van der Waals surface area contributed by atoms with Gasteiger partial charge >= 0.3 is 5.97 Å². The van der Waals surface area contributed by atoms with Crippen LogP contribution < -0.4 is 10.2 Å². The number of carbonyl (C=O) groups is 2. The van der Waals surface area contributed by atoms with Gasteiger partial charge in [-0.2, -0.15) is 0 Å². The van der Waals surface area contributed by atoms with Crippen LogP contribution in [0.25, 0.3) is 0 Å². The SMILES string of the molecule is CCOC(=O)CN(CCOC)CC(=O)Nc1ccc(N2CCCCCC2)cc1. The van der Waals surface area contributed by atoms with Crippen molar-refractivity contribution in [2.24, 2.45) is 0 Å². The van der Waals surface area contributed by atoms with E-state index >= 15 is 0 Å². The second-order valence-corrected chi connectivity index (χ2v) is 7.00. The molecule has 2 rings (SSSR count). The lowest BCUT2D eigenvalue weighted by molar-refractivity contribution is -0.144. The summed E-state index contributed by atoms with van der Waals surface area (Å²) < 4.78 is 10.0. The number of amides is 1. The van der Waals surface area contributed by atoms with Crippen LogP contribution in [0.3, 0.4) is 0 Å². The Morgan fingerprint density at radius 2 is 1.75 bits per heavy atom. The standard InChI is InChI=1S/C21H33N3O4/c1-3-28-21(26)17-23(14-15-27-2)16-20(25)22-18-8-10-19(11-9-18)24-12-6-4-5-7-13-24/h8-11H,3-7,12-17H2,1-2H3,(H,22,25). The molecule has 7 nitrogen and oxygen atoms in total. The molecule has 1 amide bonds. The van der Waals surface area contributed by atoms with Gasteiger partial charge in [-0.15, -0.1) is 0 Å². The summed E-state index contributed by atoms with van der Waals surface area (Å²) in [5.41, 5.74) is 1.95. The Bertz CT molecular complexity index is 598. The molecular formula is C21H33N3O4. The van der Waals surface area contributed by atoms with Crippen LogP contribution in [-0.2, 0) is 19.1 Å². The first-order valence-corrected chi connectivity index (χ1v) is 10.1. The third-order valence-electron chi connectivity index (χ3n) is 4.76. The number of methoxy groups -OCH3 is 1. The number of anilines is 2. The molecule has 0 bridgehead atoms. The number of ether oxygens (including phenoxy) is 2. The van der Waals surface area contributed by atoms with Crippen molar-refractivity contribution in [3.8, 4) is 0 Å². The molecule has 1 aliphatic heterocycles. The van der Waals surface area contributed by atoms with Gasteiger partial charge in [0.15, 0.2) is 0 Å². The molecule has 1 aromatic carbocycles. The highest BCUT2D eigenvalue weighted by molar-refractivity contribution is 5.92. The van der Waals surface area contributed by atoms with Crippen molar-refractivity contribution in [2.45, 2.75) is 32.6 Å². The normalized spacial score (nSPS) is 14.6. The third kappa shape index (κ3) is 7.86. The molecule has 1 aliphatic rings. The van der Waals surface area contributed by atoms with Crippen LogP contribution >= 0.6 is 0 Å². The van der Waals surface area contributed by atoms with Crippen molar-refractivity contribution in [1.29, 1.82) is 0 Å². The summed E-state index contributed by atoms with van der Waals surface area (Å²) in [6, 6.07) is 7.98. The molecule has 1 fully saturated rings. The zero-order valence-corrected chi connectivity index (χ0v) is 17.1. The zero-order chi connectivity index (χ0) is 20.2. The highest BCUT2D eigenvalue weighted by Crippen LogP contribution is 2.21. The number of esters is 1. The maximum atomic E-state index is 12.4. The van der Waals surface area contributed by atoms with Crippen LogP contribution in [0.1, 0.15) is 32.6 Å². The quantitative estimate of drug-likeness (QED) is 0.618. The predicted molar refractivity (Wildman–Crippen MR) is 111 cm³/mol. The van der Waals surface area contributed by atoms with Gasteiger partial charge in [-0.1, -0.05) is 12.8 Å². The summed E-state index contributed by atoms with van der Waals surface area (Å²) in [6.45, 7) is 5.37. The van der Waals surface area contributed by atoms with Crippen molar-refractivity contribution in [3.05, 3.63) is 24.3 Å². The summed E-state index contributed by atoms with van der Waals surface area (Å²) in [5, 5.41) is 2.90. The lowest BCUT2D eigenvalue weighted by Crippen LogP contribution is -2.39. The van der Waals surface area contributed by atoms with Crippen molar-refractivity contribution in [1.82, 2.24) is 4.90 Å². The summed E-state index contributed by atoms with van der Waals surface area (Å²) in [7, 11) is 1.59. The Hall–Kier alpha value is -2.12. The molecule has 0 aromatic heterocycles. The molecule has 1 aromatic rings. The van der Waals surface area contributed by atoms with E-state index in [2.05, 4.69) is 22.3 Å². The minimum absolute atomic E-state index is 0.0680. The summed E-state index contributed by atoms with van der Waals surface area (Å²) in [6.07, 6.45) is 5.07.